The van der Waals surface area contributed by atoms with Crippen LogP contribution >= 0.6 is 0 Å². The van der Waals surface area contributed by atoms with Crippen molar-refractivity contribution in [3.05, 3.63) is 59.7 Å². The van der Waals surface area contributed by atoms with Crippen LogP contribution in [0.4, 0.5) is 4.39 Å². The topological polar surface area (TPSA) is 48.1 Å². The summed E-state index contributed by atoms with van der Waals surface area (Å²) in [5, 5.41) is 0. The molecule has 3 nitrogen and oxygen atoms in total. The second kappa shape index (κ2) is 5.60. The lowest BCUT2D eigenvalue weighted by atomic mass is 10.1. The van der Waals surface area contributed by atoms with E-state index < -0.39 is 0 Å². The third-order valence-electron chi connectivity index (χ3n) is 2.71. The van der Waals surface area contributed by atoms with E-state index in [0.717, 1.165) is 11.1 Å². The van der Waals surface area contributed by atoms with E-state index in [-0.39, 0.29) is 11.9 Å². The molecule has 0 fully saturated rings. The first-order valence-corrected chi connectivity index (χ1v) is 5.73. The van der Waals surface area contributed by atoms with Crippen LogP contribution in [0, 0.1) is 12.7 Å². The molecule has 18 heavy (non-hydrogen) atoms. The Hall–Kier alpha value is -1.94. The fourth-order valence-electron chi connectivity index (χ4n) is 1.68. The van der Waals surface area contributed by atoms with E-state index in [1.165, 1.54) is 12.1 Å². The van der Waals surface area contributed by atoms with Gasteiger partial charge in [-0.15, -0.1) is 0 Å². The van der Waals surface area contributed by atoms with Gasteiger partial charge in [0, 0.05) is 25.0 Å². The van der Waals surface area contributed by atoms with Gasteiger partial charge in [-0.05, 0) is 36.2 Å². The van der Waals surface area contributed by atoms with E-state index in [2.05, 4.69) is 4.98 Å². The zero-order valence-corrected chi connectivity index (χ0v) is 10.1. The molecule has 4 heteroatoms. The Morgan fingerprint density at radius 2 is 2.00 bits per heavy atom. The van der Waals surface area contributed by atoms with Gasteiger partial charge in [0.2, 0.25) is 0 Å². The molecule has 94 valence electrons. The number of benzene rings is 1. The maximum Gasteiger partial charge on any atom is 0.136 e. The van der Waals surface area contributed by atoms with Gasteiger partial charge in [0.05, 0.1) is 0 Å². The number of ether oxygens (including phenoxy) is 1. The Kier molecular flexibility index (Phi) is 3.89. The van der Waals surface area contributed by atoms with Gasteiger partial charge in [-0.25, -0.2) is 4.39 Å². The number of halogens is 1. The summed E-state index contributed by atoms with van der Waals surface area (Å²) in [5.41, 5.74) is 7.51. The first-order chi connectivity index (χ1) is 8.70. The predicted molar refractivity (Wildman–Crippen MR) is 67.8 cm³/mol. The molecule has 0 saturated heterocycles. The molecule has 0 saturated carbocycles. The molecule has 0 bridgehead atoms. The summed E-state index contributed by atoms with van der Waals surface area (Å²) >= 11 is 0. The van der Waals surface area contributed by atoms with Crippen molar-refractivity contribution in [2.75, 3.05) is 6.54 Å². The van der Waals surface area contributed by atoms with Crippen LogP contribution in [0.2, 0.25) is 0 Å². The predicted octanol–water partition coefficient (Wildman–Crippen LogP) is 2.61. The van der Waals surface area contributed by atoms with Crippen LogP contribution in [0.3, 0.4) is 0 Å². The van der Waals surface area contributed by atoms with Crippen molar-refractivity contribution in [1.82, 2.24) is 4.98 Å². The highest BCUT2D eigenvalue weighted by atomic mass is 19.1. The number of nitrogens with zero attached hydrogens (tertiary/aromatic N) is 1. The maximum absolute atomic E-state index is 13.2. The Balaban J connectivity index is 2.23. The van der Waals surface area contributed by atoms with Crippen molar-refractivity contribution in [2.24, 2.45) is 5.73 Å². The van der Waals surface area contributed by atoms with Crippen LogP contribution in [0.5, 0.6) is 5.75 Å². The Morgan fingerprint density at radius 1 is 1.28 bits per heavy atom. The van der Waals surface area contributed by atoms with E-state index >= 15 is 0 Å². The van der Waals surface area contributed by atoms with E-state index in [1.807, 2.05) is 19.1 Å². The molecule has 1 aromatic carbocycles. The lowest BCUT2D eigenvalue weighted by Crippen LogP contribution is -2.18. The SMILES string of the molecule is Cc1ccc(F)cc1OC(CN)c1ccncc1. The van der Waals surface area contributed by atoms with Crippen LogP contribution in [-0.4, -0.2) is 11.5 Å². The number of aromatic nitrogens is 1. The second-order valence-electron chi connectivity index (χ2n) is 4.03. The lowest BCUT2D eigenvalue weighted by molar-refractivity contribution is 0.212. The molecule has 0 spiro atoms. The van der Waals surface area contributed by atoms with E-state index in [1.54, 1.807) is 18.5 Å². The zero-order valence-electron chi connectivity index (χ0n) is 10.1. The number of aryl methyl sites for hydroxylation is 1. The molecule has 1 aromatic heterocycles. The van der Waals surface area contributed by atoms with Crippen LogP contribution < -0.4 is 10.5 Å². The molecule has 1 heterocycles. The van der Waals surface area contributed by atoms with Crippen LogP contribution in [-0.2, 0) is 0 Å². The summed E-state index contributed by atoms with van der Waals surface area (Å²) in [7, 11) is 0. The largest absolute Gasteiger partial charge is 0.484 e. The van der Waals surface area contributed by atoms with Crippen molar-refractivity contribution < 1.29 is 9.13 Å². The van der Waals surface area contributed by atoms with Gasteiger partial charge in [0.1, 0.15) is 17.7 Å². The van der Waals surface area contributed by atoms with Crippen LogP contribution in [0.25, 0.3) is 0 Å². The summed E-state index contributed by atoms with van der Waals surface area (Å²) in [4.78, 5) is 3.94. The molecule has 2 aromatic rings. The summed E-state index contributed by atoms with van der Waals surface area (Å²) in [5.74, 6) is 0.198. The first kappa shape index (κ1) is 12.5. The summed E-state index contributed by atoms with van der Waals surface area (Å²) in [6.45, 7) is 2.19. The Labute approximate surface area is 105 Å². The maximum atomic E-state index is 13.2. The van der Waals surface area contributed by atoms with Gasteiger partial charge in [-0.1, -0.05) is 6.07 Å². The quantitative estimate of drug-likeness (QED) is 0.902. The monoisotopic (exact) mass is 246 g/mol. The fourth-order valence-corrected chi connectivity index (χ4v) is 1.68. The minimum atomic E-state index is -0.318. The Morgan fingerprint density at radius 3 is 2.67 bits per heavy atom. The smallest absolute Gasteiger partial charge is 0.136 e. The third-order valence-corrected chi connectivity index (χ3v) is 2.71. The van der Waals surface area contributed by atoms with E-state index in [0.29, 0.717) is 12.3 Å². The van der Waals surface area contributed by atoms with Gasteiger partial charge in [-0.2, -0.15) is 0 Å². The molecular formula is C14H15FN2O. The van der Waals surface area contributed by atoms with Gasteiger partial charge in [0.15, 0.2) is 0 Å². The van der Waals surface area contributed by atoms with Crippen molar-refractivity contribution >= 4 is 0 Å². The standard InChI is InChI=1S/C14H15FN2O/c1-10-2-3-12(15)8-13(10)18-14(9-16)11-4-6-17-7-5-11/h2-8,14H,9,16H2,1H3. The third kappa shape index (κ3) is 2.84. The molecule has 1 atom stereocenters. The highest BCUT2D eigenvalue weighted by Crippen LogP contribution is 2.25. The highest BCUT2D eigenvalue weighted by Gasteiger charge is 2.13. The van der Waals surface area contributed by atoms with Gasteiger partial charge in [0.25, 0.3) is 0 Å². The average molecular weight is 246 g/mol. The molecule has 2 rings (SSSR count). The van der Waals surface area contributed by atoms with E-state index in [9.17, 15) is 4.39 Å². The number of hydrogen-bond acceptors (Lipinski definition) is 3. The molecule has 0 aliphatic heterocycles. The minimum Gasteiger partial charge on any atom is -0.484 e. The van der Waals surface area contributed by atoms with Crippen molar-refractivity contribution in [3.63, 3.8) is 0 Å². The first-order valence-electron chi connectivity index (χ1n) is 5.73. The molecule has 2 N–H and O–H groups in total. The normalized spacial score (nSPS) is 12.2. The number of rotatable bonds is 4. The van der Waals surface area contributed by atoms with Crippen LogP contribution in [0.1, 0.15) is 17.2 Å². The highest BCUT2D eigenvalue weighted by molar-refractivity contribution is 5.33. The summed E-state index contributed by atoms with van der Waals surface area (Å²) in [6, 6.07) is 8.15. The van der Waals surface area contributed by atoms with Crippen molar-refractivity contribution in [2.45, 2.75) is 13.0 Å². The molecule has 0 aliphatic rings. The fraction of sp³-hybridized carbons (Fsp3) is 0.214. The average Bonchev–Trinajstić information content (AvgIpc) is 2.41. The van der Waals surface area contributed by atoms with Crippen molar-refractivity contribution in [3.8, 4) is 5.75 Å². The van der Waals surface area contributed by atoms with Crippen LogP contribution in [0.15, 0.2) is 42.7 Å². The number of pyridine rings is 1. The lowest BCUT2D eigenvalue weighted by Gasteiger charge is -2.19. The minimum absolute atomic E-state index is 0.298. The zero-order chi connectivity index (χ0) is 13.0. The van der Waals surface area contributed by atoms with E-state index in [4.69, 9.17) is 10.5 Å². The second-order valence-corrected chi connectivity index (χ2v) is 4.03. The molecule has 0 radical (unpaired) electrons. The summed E-state index contributed by atoms with van der Waals surface area (Å²) < 4.78 is 19.0. The molecule has 0 aliphatic carbocycles. The molecule has 0 amide bonds. The Bertz CT molecular complexity index is 516. The van der Waals surface area contributed by atoms with Gasteiger partial charge < -0.3 is 10.5 Å². The van der Waals surface area contributed by atoms with Gasteiger partial charge >= 0.3 is 0 Å². The number of nitrogens with two attached hydrogens (primary N) is 1. The van der Waals surface area contributed by atoms with Gasteiger partial charge in [-0.3, -0.25) is 4.98 Å². The molecular weight excluding hydrogens is 231 g/mol. The number of hydrogen-bond donors (Lipinski definition) is 1. The van der Waals surface area contributed by atoms with Crippen molar-refractivity contribution in [1.29, 1.82) is 0 Å². The molecule has 1 unspecified atom stereocenters. The summed E-state index contributed by atoms with van der Waals surface area (Å²) in [6.07, 6.45) is 3.06.